The van der Waals surface area contributed by atoms with Gasteiger partial charge >= 0.3 is 0 Å². The van der Waals surface area contributed by atoms with Crippen molar-refractivity contribution in [2.24, 2.45) is 0 Å². The molecule has 0 aliphatic heterocycles. The van der Waals surface area contributed by atoms with Crippen molar-refractivity contribution in [3.8, 4) is 0 Å². The van der Waals surface area contributed by atoms with E-state index in [9.17, 15) is 0 Å². The number of benzene rings is 1. The second-order valence-corrected chi connectivity index (χ2v) is 5.25. The second-order valence-electron chi connectivity index (χ2n) is 4.34. The molecule has 1 aromatic carbocycles. The van der Waals surface area contributed by atoms with Gasteiger partial charge in [-0.25, -0.2) is 0 Å². The Balaban J connectivity index is 1.97. The van der Waals surface area contributed by atoms with Gasteiger partial charge in [0.15, 0.2) is 5.82 Å². The van der Waals surface area contributed by atoms with E-state index in [1.807, 2.05) is 18.2 Å². The minimum atomic E-state index is 0.413. The number of nitrogens with zero attached hydrogens (tertiary/aromatic N) is 3. The number of aryl methyl sites for hydroxylation is 1. The third kappa shape index (κ3) is 2.44. The lowest BCUT2D eigenvalue weighted by molar-refractivity contribution is 0.379. The summed E-state index contributed by atoms with van der Waals surface area (Å²) in [5.74, 6) is 1.12. The van der Waals surface area contributed by atoms with Crippen molar-refractivity contribution >= 4 is 38.2 Å². The fourth-order valence-electron chi connectivity index (χ4n) is 1.95. The molecule has 0 atom stereocenters. The zero-order valence-corrected chi connectivity index (χ0v) is 12.3. The molecule has 0 spiro atoms. The number of hydrogen-bond donors (Lipinski definition) is 2. The van der Waals surface area contributed by atoms with Gasteiger partial charge in [-0.15, -0.1) is 0 Å². The number of rotatable bonds is 3. The van der Waals surface area contributed by atoms with Crippen molar-refractivity contribution in [1.82, 2.24) is 15.1 Å². The van der Waals surface area contributed by atoms with Crippen LogP contribution in [0.2, 0.25) is 0 Å². The predicted octanol–water partition coefficient (Wildman–Crippen LogP) is 2.88. The largest absolute Gasteiger partial charge is 0.396 e. The molecular formula is C13H12BrN5O. The van der Waals surface area contributed by atoms with Crippen LogP contribution < -0.4 is 11.1 Å². The van der Waals surface area contributed by atoms with E-state index in [0.29, 0.717) is 23.9 Å². The quantitative estimate of drug-likeness (QED) is 0.765. The summed E-state index contributed by atoms with van der Waals surface area (Å²) < 4.78 is 6.04. The topological polar surface area (TPSA) is 89.9 Å². The number of aromatic nitrogens is 3. The maximum absolute atomic E-state index is 6.00. The normalized spacial score (nSPS) is 10.9. The van der Waals surface area contributed by atoms with Gasteiger partial charge in [0.1, 0.15) is 0 Å². The van der Waals surface area contributed by atoms with Crippen LogP contribution >= 0.6 is 15.9 Å². The molecule has 0 unspecified atom stereocenters. The van der Waals surface area contributed by atoms with E-state index < -0.39 is 0 Å². The third-order valence-electron chi connectivity index (χ3n) is 2.85. The first-order valence-corrected chi connectivity index (χ1v) is 6.79. The molecule has 0 aliphatic rings. The second kappa shape index (κ2) is 5.09. The first-order chi connectivity index (χ1) is 9.63. The van der Waals surface area contributed by atoms with E-state index in [1.165, 1.54) is 0 Å². The Labute approximate surface area is 123 Å². The molecule has 3 rings (SSSR count). The fourth-order valence-corrected chi connectivity index (χ4v) is 2.31. The minimum Gasteiger partial charge on any atom is -0.396 e. The Kier molecular flexibility index (Phi) is 3.27. The number of fused-ring (bicyclic) bond motifs is 1. The van der Waals surface area contributed by atoms with Crippen molar-refractivity contribution in [3.05, 3.63) is 40.6 Å². The first kappa shape index (κ1) is 12.9. The fraction of sp³-hybridized carbons (Fsp3) is 0.154. The highest BCUT2D eigenvalue weighted by Gasteiger charge is 2.09. The van der Waals surface area contributed by atoms with Crippen LogP contribution in [-0.2, 0) is 6.54 Å². The van der Waals surface area contributed by atoms with E-state index in [4.69, 9.17) is 10.3 Å². The molecule has 2 heterocycles. The lowest BCUT2D eigenvalue weighted by Gasteiger charge is -2.10. The molecule has 0 saturated heterocycles. The maximum Gasteiger partial charge on any atom is 0.245 e. The summed E-state index contributed by atoms with van der Waals surface area (Å²) in [7, 11) is 0. The molecule has 6 nitrogen and oxygen atoms in total. The van der Waals surface area contributed by atoms with Gasteiger partial charge in [0, 0.05) is 9.86 Å². The molecule has 20 heavy (non-hydrogen) atoms. The number of pyridine rings is 1. The van der Waals surface area contributed by atoms with Gasteiger partial charge in [0.25, 0.3) is 0 Å². The highest BCUT2D eigenvalue weighted by molar-refractivity contribution is 9.10. The van der Waals surface area contributed by atoms with Gasteiger partial charge in [0.05, 0.1) is 29.6 Å². The van der Waals surface area contributed by atoms with Crippen LogP contribution in [0.25, 0.3) is 10.9 Å². The van der Waals surface area contributed by atoms with Crippen LogP contribution in [0.3, 0.4) is 0 Å². The SMILES string of the molecule is Cc1noc(CNc2c(N)cnc3ccc(Br)cc23)n1. The summed E-state index contributed by atoms with van der Waals surface area (Å²) in [6.07, 6.45) is 1.64. The van der Waals surface area contributed by atoms with Gasteiger partial charge in [-0.3, -0.25) is 4.98 Å². The van der Waals surface area contributed by atoms with Crippen LogP contribution in [0.5, 0.6) is 0 Å². The Hall–Kier alpha value is -2.15. The van der Waals surface area contributed by atoms with Crippen LogP contribution in [0.4, 0.5) is 11.4 Å². The highest BCUT2D eigenvalue weighted by Crippen LogP contribution is 2.30. The summed E-state index contributed by atoms with van der Waals surface area (Å²) >= 11 is 3.45. The third-order valence-corrected chi connectivity index (χ3v) is 3.34. The Morgan fingerprint density at radius 1 is 1.40 bits per heavy atom. The highest BCUT2D eigenvalue weighted by atomic mass is 79.9. The van der Waals surface area contributed by atoms with Crippen molar-refractivity contribution in [1.29, 1.82) is 0 Å². The molecule has 3 N–H and O–H groups in total. The van der Waals surface area contributed by atoms with E-state index in [1.54, 1.807) is 13.1 Å². The van der Waals surface area contributed by atoms with Crippen LogP contribution in [0.1, 0.15) is 11.7 Å². The van der Waals surface area contributed by atoms with Crippen LogP contribution in [0, 0.1) is 6.92 Å². The average molecular weight is 334 g/mol. The van der Waals surface area contributed by atoms with Crippen molar-refractivity contribution in [2.45, 2.75) is 13.5 Å². The number of anilines is 2. The summed E-state index contributed by atoms with van der Waals surface area (Å²) in [5.41, 5.74) is 8.25. The minimum absolute atomic E-state index is 0.413. The van der Waals surface area contributed by atoms with Gasteiger partial charge in [-0.1, -0.05) is 21.1 Å². The lowest BCUT2D eigenvalue weighted by atomic mass is 10.1. The number of nitrogen functional groups attached to an aromatic ring is 1. The molecule has 3 aromatic rings. The Bertz CT molecular complexity index is 765. The van der Waals surface area contributed by atoms with Crippen molar-refractivity contribution < 1.29 is 4.52 Å². The number of hydrogen-bond acceptors (Lipinski definition) is 6. The zero-order chi connectivity index (χ0) is 14.1. The van der Waals surface area contributed by atoms with E-state index in [0.717, 1.165) is 21.1 Å². The Morgan fingerprint density at radius 2 is 2.25 bits per heavy atom. The number of nitrogens with two attached hydrogens (primary N) is 1. The van der Waals surface area contributed by atoms with E-state index in [2.05, 4.69) is 36.4 Å². The molecule has 7 heteroatoms. The molecule has 0 aliphatic carbocycles. The number of halogens is 1. The molecule has 0 fully saturated rings. The van der Waals surface area contributed by atoms with Crippen molar-refractivity contribution in [3.63, 3.8) is 0 Å². The predicted molar refractivity (Wildman–Crippen MR) is 80.2 cm³/mol. The van der Waals surface area contributed by atoms with Gasteiger partial charge in [-0.05, 0) is 25.1 Å². The zero-order valence-electron chi connectivity index (χ0n) is 10.7. The molecule has 0 amide bonds. The molecule has 0 radical (unpaired) electrons. The standard InChI is InChI=1S/C13H12BrN5O/c1-7-18-12(20-19-7)6-17-13-9-4-8(14)2-3-11(9)16-5-10(13)15/h2-5H,6,15H2,1H3,(H,16,17). The van der Waals surface area contributed by atoms with Crippen LogP contribution in [-0.4, -0.2) is 15.1 Å². The Morgan fingerprint density at radius 3 is 3.00 bits per heavy atom. The van der Waals surface area contributed by atoms with Crippen LogP contribution in [0.15, 0.2) is 33.4 Å². The molecule has 102 valence electrons. The lowest BCUT2D eigenvalue weighted by Crippen LogP contribution is -2.04. The summed E-state index contributed by atoms with van der Waals surface area (Å²) in [6, 6.07) is 5.84. The molecule has 0 saturated carbocycles. The van der Waals surface area contributed by atoms with E-state index >= 15 is 0 Å². The average Bonchev–Trinajstić information content (AvgIpc) is 2.83. The molecule has 2 aromatic heterocycles. The number of nitrogens with one attached hydrogen (secondary N) is 1. The maximum atomic E-state index is 6.00. The van der Waals surface area contributed by atoms with Crippen molar-refractivity contribution in [2.75, 3.05) is 11.1 Å². The van der Waals surface area contributed by atoms with Gasteiger partial charge in [0.2, 0.25) is 5.89 Å². The van der Waals surface area contributed by atoms with Gasteiger partial charge in [-0.2, -0.15) is 4.98 Å². The smallest absolute Gasteiger partial charge is 0.245 e. The molecular weight excluding hydrogens is 322 g/mol. The molecule has 0 bridgehead atoms. The monoisotopic (exact) mass is 333 g/mol. The van der Waals surface area contributed by atoms with E-state index in [-0.39, 0.29) is 0 Å². The first-order valence-electron chi connectivity index (χ1n) is 6.00. The summed E-state index contributed by atoms with van der Waals surface area (Å²) in [4.78, 5) is 8.45. The summed E-state index contributed by atoms with van der Waals surface area (Å²) in [5, 5.41) is 7.92. The van der Waals surface area contributed by atoms with Gasteiger partial charge < -0.3 is 15.6 Å². The summed E-state index contributed by atoms with van der Waals surface area (Å²) in [6.45, 7) is 2.19.